The van der Waals surface area contributed by atoms with E-state index in [9.17, 15) is 18.0 Å². The maximum absolute atomic E-state index is 12.8. The normalized spacial score (nSPS) is 12.7. The highest BCUT2D eigenvalue weighted by atomic mass is 19.4. The predicted octanol–water partition coefficient (Wildman–Crippen LogP) is 3.57. The number of aromatic nitrogens is 1. The summed E-state index contributed by atoms with van der Waals surface area (Å²) >= 11 is 0. The molecule has 1 aromatic heterocycles. The van der Waals surface area contributed by atoms with Crippen molar-refractivity contribution in [2.45, 2.75) is 25.6 Å². The van der Waals surface area contributed by atoms with Crippen LogP contribution in [-0.2, 0) is 21.2 Å². The molecule has 108 valence electrons. The van der Waals surface area contributed by atoms with Crippen molar-refractivity contribution in [2.24, 2.45) is 0 Å². The number of methoxy groups -OCH3 is 1. The summed E-state index contributed by atoms with van der Waals surface area (Å²) in [5.74, 6) is -0.521. The molecule has 3 nitrogen and oxygen atoms in total. The first-order valence-electron chi connectivity index (χ1n) is 5.95. The molecule has 0 saturated carbocycles. The average Bonchev–Trinajstić information content (AvgIpc) is 2.79. The summed E-state index contributed by atoms with van der Waals surface area (Å²) in [7, 11) is 1.25. The predicted molar refractivity (Wildman–Crippen MR) is 68.3 cm³/mol. The van der Waals surface area contributed by atoms with Gasteiger partial charge < -0.3 is 9.30 Å². The van der Waals surface area contributed by atoms with Gasteiger partial charge in [-0.1, -0.05) is 6.07 Å². The Bertz CT molecular complexity index is 656. The molecule has 0 aliphatic heterocycles. The lowest BCUT2D eigenvalue weighted by molar-refractivity contribution is -0.149. The maximum Gasteiger partial charge on any atom is 0.416 e. The molecule has 0 radical (unpaired) electrons. The Balaban J connectivity index is 2.64. The second-order valence-corrected chi connectivity index (χ2v) is 5.01. The topological polar surface area (TPSA) is 31.2 Å². The molecule has 20 heavy (non-hydrogen) atoms. The molecule has 0 saturated heterocycles. The number of fused-ring (bicyclic) bond motifs is 1. The van der Waals surface area contributed by atoms with Crippen molar-refractivity contribution in [3.63, 3.8) is 0 Å². The van der Waals surface area contributed by atoms with Crippen molar-refractivity contribution in [2.75, 3.05) is 7.11 Å². The number of hydrogen-bond donors (Lipinski definition) is 0. The van der Waals surface area contributed by atoms with Crippen LogP contribution in [0.4, 0.5) is 13.2 Å². The fourth-order valence-corrected chi connectivity index (χ4v) is 2.14. The zero-order chi connectivity index (χ0) is 15.1. The van der Waals surface area contributed by atoms with Crippen molar-refractivity contribution in [3.05, 3.63) is 36.0 Å². The number of carbonyl (C=O) groups is 1. The monoisotopic (exact) mass is 285 g/mol. The molecule has 0 atom stereocenters. The molecular formula is C14H14F3NO2. The van der Waals surface area contributed by atoms with Gasteiger partial charge >= 0.3 is 12.1 Å². The van der Waals surface area contributed by atoms with Gasteiger partial charge in [0.15, 0.2) is 0 Å². The van der Waals surface area contributed by atoms with Crippen LogP contribution in [0.15, 0.2) is 30.5 Å². The molecule has 6 heteroatoms. The van der Waals surface area contributed by atoms with Crippen LogP contribution in [0.3, 0.4) is 0 Å². The third kappa shape index (κ3) is 2.26. The standard InChI is InChI=1S/C14H14F3NO2/c1-13(2,12(19)20-3)18-7-6-9-4-5-10(8-11(9)18)14(15,16)17/h4-8H,1-3H3. The highest BCUT2D eigenvalue weighted by Crippen LogP contribution is 2.33. The van der Waals surface area contributed by atoms with Gasteiger partial charge in [-0.05, 0) is 37.4 Å². The Hall–Kier alpha value is -1.98. The lowest BCUT2D eigenvalue weighted by Gasteiger charge is -2.25. The summed E-state index contributed by atoms with van der Waals surface area (Å²) in [6.07, 6.45) is -2.83. The van der Waals surface area contributed by atoms with Crippen molar-refractivity contribution >= 4 is 16.9 Å². The molecule has 1 heterocycles. The van der Waals surface area contributed by atoms with Crippen molar-refractivity contribution in [1.29, 1.82) is 0 Å². The van der Waals surface area contributed by atoms with E-state index in [1.165, 1.54) is 17.7 Å². The number of rotatable bonds is 2. The fourth-order valence-electron chi connectivity index (χ4n) is 2.14. The van der Waals surface area contributed by atoms with Crippen LogP contribution >= 0.6 is 0 Å². The molecule has 0 fully saturated rings. The summed E-state index contributed by atoms with van der Waals surface area (Å²) in [5, 5.41) is 0.634. The summed E-state index contributed by atoms with van der Waals surface area (Å²) in [4.78, 5) is 11.8. The molecule has 0 spiro atoms. The minimum absolute atomic E-state index is 0.343. The number of halogens is 3. The first-order valence-corrected chi connectivity index (χ1v) is 5.95. The maximum atomic E-state index is 12.8. The van der Waals surface area contributed by atoms with Crippen molar-refractivity contribution in [1.82, 2.24) is 4.57 Å². The first kappa shape index (κ1) is 14.4. The number of ether oxygens (including phenoxy) is 1. The molecule has 1 aromatic carbocycles. The van der Waals surface area contributed by atoms with Gasteiger partial charge in [-0.3, -0.25) is 0 Å². The number of esters is 1. The Kier molecular flexibility index (Phi) is 3.28. The number of hydrogen-bond acceptors (Lipinski definition) is 2. The van der Waals surface area contributed by atoms with E-state index in [0.29, 0.717) is 10.9 Å². The first-order chi connectivity index (χ1) is 9.17. The van der Waals surface area contributed by atoms with Gasteiger partial charge in [-0.25, -0.2) is 4.79 Å². The summed E-state index contributed by atoms with van der Waals surface area (Å²) in [5.41, 5.74) is -1.48. The van der Waals surface area contributed by atoms with E-state index in [-0.39, 0.29) is 0 Å². The molecule has 0 bridgehead atoms. The van der Waals surface area contributed by atoms with Gasteiger partial charge in [0, 0.05) is 11.7 Å². The van der Waals surface area contributed by atoms with Crippen LogP contribution in [0.2, 0.25) is 0 Å². The minimum atomic E-state index is -4.42. The molecule has 2 aromatic rings. The van der Waals surface area contributed by atoms with E-state index in [4.69, 9.17) is 4.74 Å². The van der Waals surface area contributed by atoms with Gasteiger partial charge in [-0.2, -0.15) is 13.2 Å². The Morgan fingerprint density at radius 2 is 1.85 bits per heavy atom. The van der Waals surface area contributed by atoms with Crippen LogP contribution in [0.5, 0.6) is 0 Å². The minimum Gasteiger partial charge on any atom is -0.467 e. The highest BCUT2D eigenvalue weighted by Gasteiger charge is 2.34. The van der Waals surface area contributed by atoms with Crippen LogP contribution in [0.1, 0.15) is 19.4 Å². The van der Waals surface area contributed by atoms with E-state index in [1.54, 1.807) is 26.1 Å². The number of nitrogens with zero attached hydrogens (tertiary/aromatic N) is 1. The van der Waals surface area contributed by atoms with E-state index in [2.05, 4.69) is 0 Å². The second-order valence-electron chi connectivity index (χ2n) is 5.01. The van der Waals surface area contributed by atoms with Crippen molar-refractivity contribution < 1.29 is 22.7 Å². The molecule has 0 N–H and O–H groups in total. The van der Waals surface area contributed by atoms with E-state index >= 15 is 0 Å². The molecule has 0 unspecified atom stereocenters. The van der Waals surface area contributed by atoms with E-state index in [1.807, 2.05) is 0 Å². The average molecular weight is 285 g/mol. The Morgan fingerprint density at radius 3 is 2.40 bits per heavy atom. The van der Waals surface area contributed by atoms with Crippen LogP contribution in [0.25, 0.3) is 10.9 Å². The van der Waals surface area contributed by atoms with Gasteiger partial charge in [0.25, 0.3) is 0 Å². The lowest BCUT2D eigenvalue weighted by Crippen LogP contribution is -2.36. The highest BCUT2D eigenvalue weighted by molar-refractivity contribution is 5.85. The third-order valence-electron chi connectivity index (χ3n) is 3.31. The molecule has 2 rings (SSSR count). The van der Waals surface area contributed by atoms with Crippen LogP contribution < -0.4 is 0 Å². The molecule has 0 amide bonds. The van der Waals surface area contributed by atoms with Gasteiger partial charge in [0.2, 0.25) is 0 Å². The molecule has 0 aliphatic carbocycles. The SMILES string of the molecule is COC(=O)C(C)(C)n1ccc2ccc(C(F)(F)F)cc21. The number of benzene rings is 1. The Morgan fingerprint density at radius 1 is 1.20 bits per heavy atom. The van der Waals surface area contributed by atoms with Crippen LogP contribution in [-0.4, -0.2) is 17.6 Å². The van der Waals surface area contributed by atoms with Gasteiger partial charge in [0.1, 0.15) is 5.54 Å². The number of carbonyl (C=O) groups excluding carboxylic acids is 1. The zero-order valence-corrected chi connectivity index (χ0v) is 11.3. The van der Waals surface area contributed by atoms with Gasteiger partial charge in [-0.15, -0.1) is 0 Å². The van der Waals surface area contributed by atoms with Crippen LogP contribution in [0, 0.1) is 0 Å². The zero-order valence-electron chi connectivity index (χ0n) is 11.3. The summed E-state index contributed by atoms with van der Waals surface area (Å²) in [6.45, 7) is 3.19. The van der Waals surface area contributed by atoms with E-state index < -0.39 is 23.2 Å². The van der Waals surface area contributed by atoms with E-state index in [0.717, 1.165) is 12.1 Å². The smallest absolute Gasteiger partial charge is 0.416 e. The Labute approximate surface area is 113 Å². The molecule has 0 aliphatic rings. The largest absolute Gasteiger partial charge is 0.467 e. The van der Waals surface area contributed by atoms with Gasteiger partial charge in [0.05, 0.1) is 12.7 Å². The lowest BCUT2D eigenvalue weighted by atomic mass is 10.1. The third-order valence-corrected chi connectivity index (χ3v) is 3.31. The molecular weight excluding hydrogens is 271 g/mol. The number of alkyl halides is 3. The summed E-state index contributed by atoms with van der Waals surface area (Å²) in [6, 6.07) is 5.13. The second kappa shape index (κ2) is 4.54. The quantitative estimate of drug-likeness (QED) is 0.790. The summed E-state index contributed by atoms with van der Waals surface area (Å²) < 4.78 is 44.5. The van der Waals surface area contributed by atoms with Crippen molar-refractivity contribution in [3.8, 4) is 0 Å². The fraction of sp³-hybridized carbons (Fsp3) is 0.357.